The third-order valence-electron chi connectivity index (χ3n) is 3.47. The van der Waals surface area contributed by atoms with Crippen molar-refractivity contribution in [2.24, 2.45) is 0 Å². The minimum Gasteiger partial charge on any atom is -0.504 e. The van der Waals surface area contributed by atoms with Gasteiger partial charge in [-0.3, -0.25) is 0 Å². The lowest BCUT2D eigenvalue weighted by molar-refractivity contribution is 0.295. The van der Waals surface area contributed by atoms with Gasteiger partial charge in [-0.15, -0.1) is 0 Å². The van der Waals surface area contributed by atoms with Crippen LogP contribution in [0.2, 0.25) is 0 Å². The second kappa shape index (κ2) is 5.40. The van der Waals surface area contributed by atoms with Gasteiger partial charge in [0.2, 0.25) is 11.5 Å². The van der Waals surface area contributed by atoms with Crippen LogP contribution in [-0.2, 0) is 0 Å². The molecule has 0 aliphatic carbocycles. The molecule has 4 heteroatoms. The zero-order valence-electron chi connectivity index (χ0n) is 11.9. The number of phenols is 1. The summed E-state index contributed by atoms with van der Waals surface area (Å²) in [5, 5.41) is 10.2. The topological polar surface area (TPSA) is 47.9 Å². The van der Waals surface area contributed by atoms with Gasteiger partial charge in [0.15, 0.2) is 11.5 Å². The first-order valence-electron chi connectivity index (χ1n) is 6.63. The standard InChI is InChI=1S/C17H16O4/c1-19-16-14(18)10-13-12(11-6-4-3-5-7-11)8-9-21-15(13)17(16)20-2/h3-8,10,18H,9H2,1-2H3. The molecular weight excluding hydrogens is 268 g/mol. The van der Waals surface area contributed by atoms with E-state index >= 15 is 0 Å². The Kier molecular flexibility index (Phi) is 3.44. The van der Waals surface area contributed by atoms with Crippen LogP contribution in [0, 0.1) is 0 Å². The first-order chi connectivity index (χ1) is 10.3. The fraction of sp³-hybridized carbons (Fsp3) is 0.176. The van der Waals surface area contributed by atoms with Crippen molar-refractivity contribution in [2.75, 3.05) is 20.8 Å². The fourth-order valence-electron chi connectivity index (χ4n) is 2.54. The number of hydrogen-bond donors (Lipinski definition) is 1. The highest BCUT2D eigenvalue weighted by Gasteiger charge is 2.25. The second-order valence-corrected chi connectivity index (χ2v) is 4.63. The number of rotatable bonds is 3. The molecule has 108 valence electrons. The summed E-state index contributed by atoms with van der Waals surface area (Å²) in [6, 6.07) is 11.6. The Morgan fingerprint density at radius 2 is 1.76 bits per heavy atom. The smallest absolute Gasteiger partial charge is 0.207 e. The van der Waals surface area contributed by atoms with Crippen molar-refractivity contribution in [3.05, 3.63) is 53.6 Å². The van der Waals surface area contributed by atoms with Gasteiger partial charge in [-0.2, -0.15) is 0 Å². The number of aromatic hydroxyl groups is 1. The number of ether oxygens (including phenoxy) is 3. The van der Waals surface area contributed by atoms with E-state index in [0.29, 0.717) is 18.1 Å². The van der Waals surface area contributed by atoms with Gasteiger partial charge >= 0.3 is 0 Å². The molecule has 0 radical (unpaired) electrons. The summed E-state index contributed by atoms with van der Waals surface area (Å²) in [6.07, 6.45) is 1.99. The molecule has 0 bridgehead atoms. The SMILES string of the molecule is COc1c(O)cc2c(c1OC)OCC=C2c1ccccc1. The minimum atomic E-state index is 0.0282. The normalized spacial score (nSPS) is 13.0. The molecule has 0 fully saturated rings. The fourth-order valence-corrected chi connectivity index (χ4v) is 2.54. The average molecular weight is 284 g/mol. The summed E-state index contributed by atoms with van der Waals surface area (Å²) < 4.78 is 16.3. The first-order valence-corrected chi connectivity index (χ1v) is 6.63. The maximum Gasteiger partial charge on any atom is 0.207 e. The summed E-state index contributed by atoms with van der Waals surface area (Å²) in [4.78, 5) is 0. The third-order valence-corrected chi connectivity index (χ3v) is 3.47. The molecule has 0 spiro atoms. The molecule has 2 aromatic carbocycles. The quantitative estimate of drug-likeness (QED) is 0.940. The van der Waals surface area contributed by atoms with E-state index in [0.717, 1.165) is 16.7 Å². The van der Waals surface area contributed by atoms with Crippen LogP contribution in [0.4, 0.5) is 0 Å². The largest absolute Gasteiger partial charge is 0.504 e. The number of phenolic OH excluding ortho intramolecular Hbond substituents is 1. The molecule has 1 N–H and O–H groups in total. The van der Waals surface area contributed by atoms with Crippen LogP contribution in [0.15, 0.2) is 42.5 Å². The number of hydrogen-bond acceptors (Lipinski definition) is 4. The van der Waals surface area contributed by atoms with Gasteiger partial charge in [-0.25, -0.2) is 0 Å². The van der Waals surface area contributed by atoms with Gasteiger partial charge in [0.05, 0.1) is 14.2 Å². The predicted octanol–water partition coefficient (Wildman–Crippen LogP) is 3.23. The number of fused-ring (bicyclic) bond motifs is 1. The Balaban J connectivity index is 2.21. The van der Waals surface area contributed by atoms with Gasteiger partial charge in [0.25, 0.3) is 0 Å². The highest BCUT2D eigenvalue weighted by Crippen LogP contribution is 2.50. The van der Waals surface area contributed by atoms with Crippen LogP contribution in [0.5, 0.6) is 23.0 Å². The molecular formula is C17H16O4. The van der Waals surface area contributed by atoms with Crippen molar-refractivity contribution in [2.45, 2.75) is 0 Å². The minimum absolute atomic E-state index is 0.0282. The summed E-state index contributed by atoms with van der Waals surface area (Å²) >= 11 is 0. The molecule has 21 heavy (non-hydrogen) atoms. The maximum absolute atomic E-state index is 10.2. The van der Waals surface area contributed by atoms with Crippen LogP contribution in [0.1, 0.15) is 11.1 Å². The highest BCUT2D eigenvalue weighted by molar-refractivity contribution is 5.87. The molecule has 3 rings (SSSR count). The van der Waals surface area contributed by atoms with Crippen molar-refractivity contribution in [1.82, 2.24) is 0 Å². The molecule has 0 amide bonds. The van der Waals surface area contributed by atoms with Crippen molar-refractivity contribution < 1.29 is 19.3 Å². The lowest BCUT2D eigenvalue weighted by atomic mass is 9.94. The van der Waals surface area contributed by atoms with Gasteiger partial charge in [-0.1, -0.05) is 30.3 Å². The van der Waals surface area contributed by atoms with Crippen LogP contribution in [0.3, 0.4) is 0 Å². The summed E-state index contributed by atoms with van der Waals surface area (Å²) in [6.45, 7) is 0.446. The van der Waals surface area contributed by atoms with E-state index < -0.39 is 0 Å². The Bertz CT molecular complexity index is 690. The van der Waals surface area contributed by atoms with E-state index in [-0.39, 0.29) is 11.5 Å². The van der Waals surface area contributed by atoms with E-state index in [1.54, 1.807) is 6.07 Å². The van der Waals surface area contributed by atoms with Gasteiger partial charge in [-0.05, 0) is 23.3 Å². The van der Waals surface area contributed by atoms with Gasteiger partial charge in [0, 0.05) is 5.56 Å². The molecule has 0 aromatic heterocycles. The summed E-state index contributed by atoms with van der Waals surface area (Å²) in [5.41, 5.74) is 2.87. The van der Waals surface area contributed by atoms with E-state index in [4.69, 9.17) is 14.2 Å². The van der Waals surface area contributed by atoms with Gasteiger partial charge in [0.1, 0.15) is 6.61 Å². The second-order valence-electron chi connectivity index (χ2n) is 4.63. The number of methoxy groups -OCH3 is 2. The van der Waals surface area contributed by atoms with Crippen molar-refractivity contribution in [1.29, 1.82) is 0 Å². The summed E-state index contributed by atoms with van der Waals surface area (Å²) in [5.74, 6) is 1.31. The highest BCUT2D eigenvalue weighted by atomic mass is 16.5. The lowest BCUT2D eigenvalue weighted by Crippen LogP contribution is -2.08. The Morgan fingerprint density at radius 3 is 2.43 bits per heavy atom. The van der Waals surface area contributed by atoms with E-state index in [1.165, 1.54) is 14.2 Å². The Morgan fingerprint density at radius 1 is 1.05 bits per heavy atom. The molecule has 1 heterocycles. The van der Waals surface area contributed by atoms with E-state index in [1.807, 2.05) is 36.4 Å². The lowest BCUT2D eigenvalue weighted by Gasteiger charge is -2.23. The third kappa shape index (κ3) is 2.18. The first kappa shape index (κ1) is 13.4. The molecule has 1 aliphatic heterocycles. The maximum atomic E-state index is 10.2. The molecule has 2 aromatic rings. The van der Waals surface area contributed by atoms with Crippen molar-refractivity contribution in [3.8, 4) is 23.0 Å². The van der Waals surface area contributed by atoms with E-state index in [2.05, 4.69) is 0 Å². The predicted molar refractivity (Wildman–Crippen MR) is 80.2 cm³/mol. The molecule has 0 saturated heterocycles. The van der Waals surface area contributed by atoms with Crippen LogP contribution in [0.25, 0.3) is 5.57 Å². The van der Waals surface area contributed by atoms with Crippen LogP contribution < -0.4 is 14.2 Å². The molecule has 0 atom stereocenters. The van der Waals surface area contributed by atoms with Crippen molar-refractivity contribution in [3.63, 3.8) is 0 Å². The zero-order chi connectivity index (χ0) is 14.8. The average Bonchev–Trinajstić information content (AvgIpc) is 2.53. The van der Waals surface area contributed by atoms with Crippen LogP contribution >= 0.6 is 0 Å². The molecule has 0 unspecified atom stereocenters. The molecule has 4 nitrogen and oxygen atoms in total. The molecule has 0 saturated carbocycles. The summed E-state index contributed by atoms with van der Waals surface area (Å²) in [7, 11) is 3.02. The zero-order valence-corrected chi connectivity index (χ0v) is 11.9. The monoisotopic (exact) mass is 284 g/mol. The van der Waals surface area contributed by atoms with Gasteiger partial charge < -0.3 is 19.3 Å². The molecule has 1 aliphatic rings. The van der Waals surface area contributed by atoms with E-state index in [9.17, 15) is 5.11 Å². The Labute approximate surface area is 123 Å². The van der Waals surface area contributed by atoms with Crippen molar-refractivity contribution >= 4 is 5.57 Å². The Hall–Kier alpha value is -2.62. The van der Waals surface area contributed by atoms with Crippen LogP contribution in [-0.4, -0.2) is 25.9 Å². The number of benzene rings is 2.